The molecule has 5 unspecified atom stereocenters. The fourth-order valence-corrected chi connectivity index (χ4v) is 2.73. The first-order chi connectivity index (χ1) is 9.99. The molecule has 0 aliphatic carbocycles. The minimum Gasteiger partial charge on any atom is -0.459 e. The monoisotopic (exact) mass is 298 g/mol. The Hall–Kier alpha value is -1.18. The van der Waals surface area contributed by atoms with Crippen LogP contribution in [0.25, 0.3) is 0 Å². The first kappa shape index (κ1) is 16.2. The lowest BCUT2D eigenvalue weighted by molar-refractivity contribution is -0.357. The van der Waals surface area contributed by atoms with Crippen molar-refractivity contribution in [1.82, 2.24) is 0 Å². The van der Waals surface area contributed by atoms with Gasteiger partial charge in [0.1, 0.15) is 30.2 Å². The molecule has 0 aromatic carbocycles. The molecule has 0 saturated carbocycles. The van der Waals surface area contributed by atoms with Gasteiger partial charge in [-0.2, -0.15) is 0 Å². The quantitative estimate of drug-likeness (QED) is 0.584. The number of rotatable bonds is 3. The highest BCUT2D eigenvalue weighted by Crippen LogP contribution is 2.41. The van der Waals surface area contributed by atoms with Crippen LogP contribution in [0.4, 0.5) is 0 Å². The molecule has 0 radical (unpaired) electrons. The van der Waals surface area contributed by atoms with E-state index in [0.717, 1.165) is 5.57 Å². The van der Waals surface area contributed by atoms with Gasteiger partial charge in [-0.1, -0.05) is 18.7 Å². The molecule has 5 atom stereocenters. The second kappa shape index (κ2) is 6.29. The predicted octanol–water partition coefficient (Wildman–Crippen LogP) is -0.0169. The summed E-state index contributed by atoms with van der Waals surface area (Å²) in [7, 11) is 0. The molecule has 0 amide bonds. The van der Waals surface area contributed by atoms with E-state index in [4.69, 9.17) is 9.47 Å². The minimum absolute atomic E-state index is 0.289. The van der Waals surface area contributed by atoms with Crippen molar-refractivity contribution in [1.29, 1.82) is 0 Å². The van der Waals surface area contributed by atoms with Crippen LogP contribution in [-0.2, 0) is 9.47 Å². The molecule has 6 nitrogen and oxygen atoms in total. The predicted molar refractivity (Wildman–Crippen MR) is 75.1 cm³/mol. The summed E-state index contributed by atoms with van der Waals surface area (Å²) in [5, 5.41) is 39.3. The summed E-state index contributed by atoms with van der Waals surface area (Å²) >= 11 is 0. The van der Waals surface area contributed by atoms with Crippen LogP contribution >= 0.6 is 0 Å². The van der Waals surface area contributed by atoms with Gasteiger partial charge >= 0.3 is 0 Å². The first-order valence-electron chi connectivity index (χ1n) is 6.99. The SMILES string of the molecule is C=CC1=C(/C=C\C)OC2(CC1)OC(CO)C(O)C(O)C2O. The molecule has 4 N–H and O–H groups in total. The van der Waals surface area contributed by atoms with E-state index in [1.807, 2.05) is 6.92 Å². The Morgan fingerprint density at radius 3 is 2.62 bits per heavy atom. The molecular formula is C15H22O6. The van der Waals surface area contributed by atoms with Crippen molar-refractivity contribution in [2.24, 2.45) is 0 Å². The van der Waals surface area contributed by atoms with E-state index in [2.05, 4.69) is 6.58 Å². The Morgan fingerprint density at radius 1 is 1.33 bits per heavy atom. The van der Waals surface area contributed by atoms with Gasteiger partial charge < -0.3 is 29.9 Å². The van der Waals surface area contributed by atoms with Crippen molar-refractivity contribution in [3.63, 3.8) is 0 Å². The average molecular weight is 298 g/mol. The molecule has 2 heterocycles. The topological polar surface area (TPSA) is 99.4 Å². The number of aliphatic hydroxyl groups excluding tert-OH is 4. The van der Waals surface area contributed by atoms with Gasteiger partial charge in [-0.15, -0.1) is 0 Å². The van der Waals surface area contributed by atoms with Gasteiger partial charge in [0, 0.05) is 6.42 Å². The van der Waals surface area contributed by atoms with Crippen LogP contribution in [0.1, 0.15) is 19.8 Å². The molecule has 21 heavy (non-hydrogen) atoms. The number of allylic oxidation sites excluding steroid dienone is 4. The maximum absolute atomic E-state index is 10.3. The minimum atomic E-state index is -1.48. The molecule has 1 spiro atoms. The van der Waals surface area contributed by atoms with E-state index < -0.39 is 36.8 Å². The normalized spacial score (nSPS) is 40.6. The summed E-state index contributed by atoms with van der Waals surface area (Å²) < 4.78 is 11.4. The number of hydrogen-bond donors (Lipinski definition) is 4. The smallest absolute Gasteiger partial charge is 0.240 e. The zero-order chi connectivity index (χ0) is 15.6. The molecule has 1 fully saturated rings. The number of ether oxygens (including phenoxy) is 2. The van der Waals surface area contributed by atoms with E-state index in [9.17, 15) is 20.4 Å². The van der Waals surface area contributed by atoms with Gasteiger partial charge in [0.15, 0.2) is 0 Å². The molecule has 0 bridgehead atoms. The van der Waals surface area contributed by atoms with E-state index in [-0.39, 0.29) is 6.42 Å². The fraction of sp³-hybridized carbons (Fsp3) is 0.600. The molecule has 6 heteroatoms. The Kier molecular flexibility index (Phi) is 4.85. The molecule has 2 rings (SSSR count). The van der Waals surface area contributed by atoms with Gasteiger partial charge in [-0.3, -0.25) is 0 Å². The first-order valence-corrected chi connectivity index (χ1v) is 6.99. The summed E-state index contributed by atoms with van der Waals surface area (Å²) in [4.78, 5) is 0. The van der Waals surface area contributed by atoms with E-state index in [0.29, 0.717) is 12.2 Å². The van der Waals surface area contributed by atoms with Gasteiger partial charge in [0.05, 0.1) is 6.61 Å². The maximum Gasteiger partial charge on any atom is 0.240 e. The third kappa shape index (κ3) is 2.77. The number of aliphatic hydroxyl groups is 4. The van der Waals surface area contributed by atoms with Crippen molar-refractivity contribution in [2.75, 3.05) is 6.61 Å². The van der Waals surface area contributed by atoms with Crippen molar-refractivity contribution in [3.05, 3.63) is 36.1 Å². The summed E-state index contributed by atoms with van der Waals surface area (Å²) in [6, 6.07) is 0. The van der Waals surface area contributed by atoms with Crippen LogP contribution in [0.15, 0.2) is 36.1 Å². The Morgan fingerprint density at radius 2 is 2.05 bits per heavy atom. The van der Waals surface area contributed by atoms with E-state index >= 15 is 0 Å². The lowest BCUT2D eigenvalue weighted by Gasteiger charge is -2.49. The van der Waals surface area contributed by atoms with Crippen LogP contribution in [-0.4, -0.2) is 57.2 Å². The van der Waals surface area contributed by atoms with Crippen LogP contribution < -0.4 is 0 Å². The summed E-state index contributed by atoms with van der Waals surface area (Å²) in [6.07, 6.45) is 0.760. The van der Waals surface area contributed by atoms with Gasteiger partial charge in [-0.25, -0.2) is 0 Å². The molecule has 2 aliphatic rings. The van der Waals surface area contributed by atoms with Crippen molar-refractivity contribution in [3.8, 4) is 0 Å². The molecule has 1 saturated heterocycles. The fourth-order valence-electron chi connectivity index (χ4n) is 2.73. The zero-order valence-corrected chi connectivity index (χ0v) is 12.0. The highest BCUT2D eigenvalue weighted by molar-refractivity contribution is 5.31. The Balaban J connectivity index is 2.34. The maximum atomic E-state index is 10.3. The van der Waals surface area contributed by atoms with Crippen LogP contribution in [0, 0.1) is 0 Å². The molecule has 0 aromatic rings. The average Bonchev–Trinajstić information content (AvgIpc) is 2.50. The van der Waals surface area contributed by atoms with E-state index in [1.165, 1.54) is 0 Å². The van der Waals surface area contributed by atoms with Crippen LogP contribution in [0.3, 0.4) is 0 Å². The molecule has 2 aliphatic heterocycles. The standard InChI is InChI=1S/C15H22O6/c1-3-5-10-9(4-2)6-7-15(20-10)14(19)13(18)12(17)11(8-16)21-15/h3-5,11-14,16-19H,2,6-8H2,1H3/b5-3-. The largest absolute Gasteiger partial charge is 0.459 e. The second-order valence-electron chi connectivity index (χ2n) is 5.27. The van der Waals surface area contributed by atoms with Crippen molar-refractivity contribution in [2.45, 2.75) is 50.0 Å². The highest BCUT2D eigenvalue weighted by atomic mass is 16.7. The van der Waals surface area contributed by atoms with Gasteiger partial charge in [0.2, 0.25) is 5.79 Å². The van der Waals surface area contributed by atoms with Gasteiger partial charge in [0.25, 0.3) is 0 Å². The van der Waals surface area contributed by atoms with Crippen LogP contribution in [0.2, 0.25) is 0 Å². The van der Waals surface area contributed by atoms with Crippen molar-refractivity contribution >= 4 is 0 Å². The second-order valence-corrected chi connectivity index (χ2v) is 5.27. The lowest BCUT2D eigenvalue weighted by atomic mass is 9.87. The summed E-state index contributed by atoms with van der Waals surface area (Å²) in [5.74, 6) is -0.981. The molecule has 118 valence electrons. The lowest BCUT2D eigenvalue weighted by Crippen LogP contribution is -2.66. The summed E-state index contributed by atoms with van der Waals surface area (Å²) in [6.45, 7) is 5.07. The Bertz CT molecular complexity index is 455. The molecule has 0 aromatic heterocycles. The molecular weight excluding hydrogens is 276 g/mol. The van der Waals surface area contributed by atoms with Crippen LogP contribution in [0.5, 0.6) is 0 Å². The third-order valence-electron chi connectivity index (χ3n) is 3.94. The zero-order valence-electron chi connectivity index (χ0n) is 12.0. The van der Waals surface area contributed by atoms with E-state index in [1.54, 1.807) is 18.2 Å². The summed E-state index contributed by atoms with van der Waals surface area (Å²) in [5.41, 5.74) is 0.871. The van der Waals surface area contributed by atoms with Crippen molar-refractivity contribution < 1.29 is 29.9 Å². The highest BCUT2D eigenvalue weighted by Gasteiger charge is 2.56. The Labute approximate surface area is 123 Å². The third-order valence-corrected chi connectivity index (χ3v) is 3.94. The van der Waals surface area contributed by atoms with Gasteiger partial charge in [-0.05, 0) is 25.0 Å². The number of hydrogen-bond acceptors (Lipinski definition) is 6.